The van der Waals surface area contributed by atoms with Gasteiger partial charge >= 0.3 is 0 Å². The number of anilines is 1. The highest BCUT2D eigenvalue weighted by Gasteiger charge is 2.70. The molecular weight excluding hydrogens is 458 g/mol. The summed E-state index contributed by atoms with van der Waals surface area (Å²) in [5.74, 6) is -1.23. The standard InChI is InChI=1S/C25H26ClN3O3S/c1-14-17(26)9-8-16-21(14)27-24(32)25(16)20-19(18(28-25)11-13-33-2)22(30)29(23(20)31)12-10-15-6-4-3-5-7-15/h3-9,18-20,28H,10-13H2,1-2H3,(H,27,32)/t18?,19-,20+,25?/m1/s1. The summed E-state index contributed by atoms with van der Waals surface area (Å²) in [6.45, 7) is 2.17. The zero-order valence-corrected chi connectivity index (χ0v) is 20.1. The number of nitrogens with zero attached hydrogens (tertiary/aromatic N) is 1. The largest absolute Gasteiger partial charge is 0.324 e. The lowest BCUT2D eigenvalue weighted by Gasteiger charge is -2.29. The van der Waals surface area contributed by atoms with Gasteiger partial charge in [-0.15, -0.1) is 0 Å². The number of rotatable bonds is 6. The Hall–Kier alpha value is -2.35. The molecule has 2 fully saturated rings. The molecule has 2 saturated heterocycles. The van der Waals surface area contributed by atoms with E-state index in [0.717, 1.165) is 16.9 Å². The molecule has 8 heteroatoms. The summed E-state index contributed by atoms with van der Waals surface area (Å²) >= 11 is 8.00. The van der Waals surface area contributed by atoms with E-state index in [9.17, 15) is 14.4 Å². The van der Waals surface area contributed by atoms with Crippen LogP contribution < -0.4 is 10.6 Å². The van der Waals surface area contributed by atoms with Gasteiger partial charge in [0.2, 0.25) is 17.7 Å². The van der Waals surface area contributed by atoms with Crippen molar-refractivity contribution in [2.45, 2.75) is 31.3 Å². The van der Waals surface area contributed by atoms with Crippen LogP contribution in [0.4, 0.5) is 5.69 Å². The van der Waals surface area contributed by atoms with Crippen LogP contribution in [0.2, 0.25) is 5.02 Å². The van der Waals surface area contributed by atoms with Crippen LogP contribution in [-0.4, -0.2) is 47.2 Å². The molecule has 1 spiro atoms. The van der Waals surface area contributed by atoms with Crippen LogP contribution >= 0.6 is 23.4 Å². The molecule has 33 heavy (non-hydrogen) atoms. The van der Waals surface area contributed by atoms with Crippen molar-refractivity contribution in [2.75, 3.05) is 23.9 Å². The van der Waals surface area contributed by atoms with Crippen molar-refractivity contribution in [3.8, 4) is 0 Å². The van der Waals surface area contributed by atoms with Crippen molar-refractivity contribution in [2.24, 2.45) is 11.8 Å². The zero-order chi connectivity index (χ0) is 23.3. The quantitative estimate of drug-likeness (QED) is 0.616. The molecule has 172 valence electrons. The van der Waals surface area contributed by atoms with E-state index >= 15 is 0 Å². The monoisotopic (exact) mass is 483 g/mol. The Balaban J connectivity index is 1.54. The molecule has 0 radical (unpaired) electrons. The highest BCUT2D eigenvalue weighted by molar-refractivity contribution is 7.98. The number of thioether (sulfide) groups is 1. The fraction of sp³-hybridized carbons (Fsp3) is 0.400. The van der Waals surface area contributed by atoms with E-state index in [1.165, 1.54) is 4.90 Å². The molecule has 0 bridgehead atoms. The summed E-state index contributed by atoms with van der Waals surface area (Å²) in [4.78, 5) is 42.2. The second kappa shape index (κ2) is 8.46. The molecule has 3 aliphatic rings. The maximum Gasteiger partial charge on any atom is 0.250 e. The van der Waals surface area contributed by atoms with E-state index in [4.69, 9.17) is 11.6 Å². The second-order valence-corrected chi connectivity index (χ2v) is 10.3. The third-order valence-corrected chi connectivity index (χ3v) is 8.33. The predicted octanol–water partition coefficient (Wildman–Crippen LogP) is 3.36. The Morgan fingerprint density at radius 3 is 2.58 bits per heavy atom. The van der Waals surface area contributed by atoms with Gasteiger partial charge in [-0.25, -0.2) is 0 Å². The summed E-state index contributed by atoms with van der Waals surface area (Å²) < 4.78 is 0. The van der Waals surface area contributed by atoms with E-state index < -0.39 is 17.4 Å². The van der Waals surface area contributed by atoms with Gasteiger partial charge in [-0.1, -0.05) is 48.0 Å². The van der Waals surface area contributed by atoms with Crippen LogP contribution in [0.5, 0.6) is 0 Å². The summed E-state index contributed by atoms with van der Waals surface area (Å²) in [6.07, 6.45) is 3.30. The number of hydrogen-bond acceptors (Lipinski definition) is 5. The normalized spacial score (nSPS) is 27.9. The Bertz CT molecular complexity index is 1140. The SMILES string of the molecule is CSCCC1NC2(C(=O)Nc3c2ccc(Cl)c3C)[C@@H]2C(=O)N(CCc3ccccc3)C(=O)[C@H]12. The van der Waals surface area contributed by atoms with E-state index in [1.807, 2.05) is 49.6 Å². The van der Waals surface area contributed by atoms with Crippen LogP contribution in [0.3, 0.4) is 0 Å². The first kappa shape index (κ1) is 22.4. The summed E-state index contributed by atoms with van der Waals surface area (Å²) in [6, 6.07) is 13.1. The van der Waals surface area contributed by atoms with Crippen molar-refractivity contribution in [1.29, 1.82) is 0 Å². The number of hydrogen-bond donors (Lipinski definition) is 2. The molecule has 3 amide bonds. The lowest BCUT2D eigenvalue weighted by atomic mass is 9.76. The van der Waals surface area contributed by atoms with E-state index in [1.54, 1.807) is 17.8 Å². The van der Waals surface area contributed by atoms with Gasteiger partial charge in [-0.3, -0.25) is 24.6 Å². The van der Waals surface area contributed by atoms with Crippen LogP contribution in [-0.2, 0) is 26.3 Å². The molecule has 3 heterocycles. The molecule has 2 aromatic rings. The zero-order valence-electron chi connectivity index (χ0n) is 18.6. The molecule has 0 aromatic heterocycles. The second-order valence-electron chi connectivity index (χ2n) is 8.96. The average molecular weight is 484 g/mol. The highest BCUT2D eigenvalue weighted by Crippen LogP contribution is 2.54. The first-order valence-electron chi connectivity index (χ1n) is 11.2. The maximum atomic E-state index is 13.8. The smallest absolute Gasteiger partial charge is 0.250 e. The summed E-state index contributed by atoms with van der Waals surface area (Å²) in [7, 11) is 0. The van der Waals surface area contributed by atoms with Crippen molar-refractivity contribution < 1.29 is 14.4 Å². The molecule has 3 aliphatic heterocycles. The topological polar surface area (TPSA) is 78.5 Å². The third kappa shape index (κ3) is 3.32. The molecule has 0 saturated carbocycles. The van der Waals surface area contributed by atoms with Gasteiger partial charge in [0, 0.05) is 23.2 Å². The van der Waals surface area contributed by atoms with Crippen LogP contribution in [0.25, 0.3) is 0 Å². The lowest BCUT2D eigenvalue weighted by Crippen LogP contribution is -2.53. The molecule has 2 aromatic carbocycles. The average Bonchev–Trinajstić information content (AvgIpc) is 3.39. The minimum absolute atomic E-state index is 0.177. The number of imide groups is 1. The molecular formula is C25H26ClN3O3S. The van der Waals surface area contributed by atoms with Crippen LogP contribution in [0, 0.1) is 18.8 Å². The fourth-order valence-electron chi connectivity index (χ4n) is 5.65. The number of amides is 3. The number of benzene rings is 2. The van der Waals surface area contributed by atoms with Gasteiger partial charge in [0.15, 0.2) is 0 Å². The number of carbonyl (C=O) groups excluding carboxylic acids is 3. The molecule has 4 atom stereocenters. The summed E-state index contributed by atoms with van der Waals surface area (Å²) in [5.41, 5.74) is 1.93. The van der Waals surface area contributed by atoms with E-state index in [0.29, 0.717) is 35.7 Å². The molecule has 2 unspecified atom stereocenters. The summed E-state index contributed by atoms with van der Waals surface area (Å²) in [5, 5.41) is 6.99. The highest BCUT2D eigenvalue weighted by atomic mass is 35.5. The van der Waals surface area contributed by atoms with E-state index in [-0.39, 0.29) is 23.8 Å². The third-order valence-electron chi connectivity index (χ3n) is 7.28. The van der Waals surface area contributed by atoms with E-state index in [2.05, 4.69) is 10.6 Å². The predicted molar refractivity (Wildman–Crippen MR) is 130 cm³/mol. The van der Waals surface area contributed by atoms with Gasteiger partial charge in [0.05, 0.1) is 17.5 Å². The lowest BCUT2D eigenvalue weighted by molar-refractivity contribution is -0.142. The van der Waals surface area contributed by atoms with Gasteiger partial charge < -0.3 is 5.32 Å². The minimum atomic E-state index is -1.26. The maximum absolute atomic E-state index is 13.8. The first-order valence-corrected chi connectivity index (χ1v) is 12.9. The number of halogens is 1. The number of nitrogens with one attached hydrogen (secondary N) is 2. The van der Waals surface area contributed by atoms with Crippen LogP contribution in [0.1, 0.15) is 23.1 Å². The molecule has 6 nitrogen and oxygen atoms in total. The molecule has 2 N–H and O–H groups in total. The molecule has 0 aliphatic carbocycles. The van der Waals surface area contributed by atoms with Crippen molar-refractivity contribution in [3.05, 3.63) is 64.2 Å². The van der Waals surface area contributed by atoms with Gasteiger partial charge in [-0.05, 0) is 49.0 Å². The first-order chi connectivity index (χ1) is 15.9. The van der Waals surface area contributed by atoms with Crippen molar-refractivity contribution in [3.63, 3.8) is 0 Å². The van der Waals surface area contributed by atoms with Gasteiger partial charge in [-0.2, -0.15) is 11.8 Å². The Morgan fingerprint density at radius 2 is 1.85 bits per heavy atom. The number of carbonyl (C=O) groups is 3. The Morgan fingerprint density at radius 1 is 1.09 bits per heavy atom. The Labute approximate surface area is 202 Å². The fourth-order valence-corrected chi connectivity index (χ4v) is 6.30. The molecule has 5 rings (SSSR count). The number of likely N-dealkylation sites (tertiary alicyclic amines) is 1. The van der Waals surface area contributed by atoms with Crippen molar-refractivity contribution >= 4 is 46.8 Å². The minimum Gasteiger partial charge on any atom is -0.324 e. The van der Waals surface area contributed by atoms with Gasteiger partial charge in [0.25, 0.3) is 0 Å². The van der Waals surface area contributed by atoms with Crippen molar-refractivity contribution in [1.82, 2.24) is 10.2 Å². The Kier molecular flexibility index (Phi) is 5.75. The van der Waals surface area contributed by atoms with Crippen LogP contribution in [0.15, 0.2) is 42.5 Å². The number of fused-ring (bicyclic) bond motifs is 4. The van der Waals surface area contributed by atoms with Gasteiger partial charge in [0.1, 0.15) is 5.54 Å².